The second-order valence-electron chi connectivity index (χ2n) is 8.42. The first-order valence-corrected chi connectivity index (χ1v) is 12.3. The molecule has 186 valence electrons. The van der Waals surface area contributed by atoms with Crippen LogP contribution in [0.2, 0.25) is 0 Å². The number of likely N-dealkylation sites (N-methyl/N-ethyl adjacent to an activating group) is 1. The van der Waals surface area contributed by atoms with Crippen LogP contribution in [0.25, 0.3) is 0 Å². The molecular formula is C27H26N3O5S-. The molecular weight excluding hydrogens is 478 g/mol. The van der Waals surface area contributed by atoms with E-state index in [-0.39, 0.29) is 23.7 Å². The lowest BCUT2D eigenvalue weighted by Crippen LogP contribution is -2.31. The zero-order chi connectivity index (χ0) is 25.1. The molecule has 5 rings (SSSR count). The lowest BCUT2D eigenvalue weighted by molar-refractivity contribution is 0.171. The SMILES string of the molecule is COc1c2c(cc3c1C(C#CCNc1ccc(Sc4ccc(N([O-])O)cc4)cc1)N(C)CC3)OCO2. The van der Waals surface area contributed by atoms with Crippen LogP contribution >= 0.6 is 11.8 Å². The van der Waals surface area contributed by atoms with Crippen molar-refractivity contribution in [2.75, 3.05) is 44.6 Å². The average molecular weight is 505 g/mol. The molecule has 0 fully saturated rings. The Bertz CT molecular complexity index is 1290. The first kappa shape index (κ1) is 24.2. The number of ether oxygens (including phenoxy) is 3. The van der Waals surface area contributed by atoms with Gasteiger partial charge in [-0.2, -0.15) is 0 Å². The topological polar surface area (TPSA) is 89.5 Å². The Hall–Kier alpha value is -3.55. The van der Waals surface area contributed by atoms with Gasteiger partial charge < -0.3 is 30.0 Å². The van der Waals surface area contributed by atoms with E-state index in [1.54, 1.807) is 43.1 Å². The van der Waals surface area contributed by atoms with Crippen molar-refractivity contribution in [3.8, 4) is 29.1 Å². The van der Waals surface area contributed by atoms with Crippen LogP contribution in [-0.2, 0) is 6.42 Å². The van der Waals surface area contributed by atoms with E-state index in [1.165, 1.54) is 5.56 Å². The molecule has 0 aliphatic carbocycles. The van der Waals surface area contributed by atoms with Crippen LogP contribution < -0.4 is 24.8 Å². The van der Waals surface area contributed by atoms with Crippen LogP contribution in [0.3, 0.4) is 0 Å². The molecule has 36 heavy (non-hydrogen) atoms. The lowest BCUT2D eigenvalue weighted by Gasteiger charge is -2.32. The molecule has 2 N–H and O–H groups in total. The Kier molecular flexibility index (Phi) is 7.11. The molecule has 0 amide bonds. The maximum atomic E-state index is 10.9. The minimum atomic E-state index is -0.144. The summed E-state index contributed by atoms with van der Waals surface area (Å²) in [5.41, 5.74) is 3.42. The summed E-state index contributed by atoms with van der Waals surface area (Å²) in [6.07, 6.45) is 0.905. The van der Waals surface area contributed by atoms with Crippen molar-refractivity contribution in [1.82, 2.24) is 4.90 Å². The lowest BCUT2D eigenvalue weighted by atomic mass is 9.91. The van der Waals surface area contributed by atoms with Gasteiger partial charge in [-0.25, -0.2) is 0 Å². The number of benzene rings is 3. The number of rotatable bonds is 6. The van der Waals surface area contributed by atoms with Gasteiger partial charge in [0.05, 0.1) is 19.3 Å². The van der Waals surface area contributed by atoms with Crippen molar-refractivity contribution < 1.29 is 19.4 Å². The second-order valence-corrected chi connectivity index (χ2v) is 9.56. The fourth-order valence-electron chi connectivity index (χ4n) is 4.33. The van der Waals surface area contributed by atoms with Gasteiger partial charge in [0.25, 0.3) is 0 Å². The number of fused-ring (bicyclic) bond motifs is 2. The number of nitrogens with zero attached hydrogens (tertiary/aromatic N) is 2. The van der Waals surface area contributed by atoms with E-state index in [0.29, 0.717) is 18.0 Å². The Morgan fingerprint density at radius 2 is 1.89 bits per heavy atom. The second kappa shape index (κ2) is 10.6. The van der Waals surface area contributed by atoms with Crippen LogP contribution in [0.5, 0.6) is 17.2 Å². The number of hydrogen-bond acceptors (Lipinski definition) is 9. The highest BCUT2D eigenvalue weighted by Gasteiger charge is 2.33. The summed E-state index contributed by atoms with van der Waals surface area (Å²) in [5.74, 6) is 8.79. The van der Waals surface area contributed by atoms with E-state index < -0.39 is 0 Å². The first-order valence-electron chi connectivity index (χ1n) is 11.5. The highest BCUT2D eigenvalue weighted by molar-refractivity contribution is 7.99. The number of hydrogen-bond donors (Lipinski definition) is 2. The van der Waals surface area contributed by atoms with E-state index in [0.717, 1.165) is 39.8 Å². The van der Waals surface area contributed by atoms with Crippen molar-refractivity contribution in [3.63, 3.8) is 0 Å². The highest BCUT2D eigenvalue weighted by atomic mass is 32.2. The van der Waals surface area contributed by atoms with Gasteiger partial charge in [-0.1, -0.05) is 23.6 Å². The average Bonchev–Trinajstić information content (AvgIpc) is 3.36. The molecule has 8 nitrogen and oxygen atoms in total. The summed E-state index contributed by atoms with van der Waals surface area (Å²) in [5, 5.41) is 23.1. The maximum absolute atomic E-state index is 10.9. The van der Waals surface area contributed by atoms with E-state index >= 15 is 0 Å². The van der Waals surface area contributed by atoms with Gasteiger partial charge in [-0.15, -0.1) is 0 Å². The zero-order valence-corrected chi connectivity index (χ0v) is 20.8. The monoisotopic (exact) mass is 504 g/mol. The molecule has 3 aromatic carbocycles. The number of anilines is 2. The van der Waals surface area contributed by atoms with Crippen LogP contribution in [-0.4, -0.2) is 44.1 Å². The Morgan fingerprint density at radius 3 is 2.58 bits per heavy atom. The first-order chi connectivity index (χ1) is 17.5. The van der Waals surface area contributed by atoms with Crippen molar-refractivity contribution in [1.29, 1.82) is 0 Å². The molecule has 0 saturated heterocycles. The van der Waals surface area contributed by atoms with Gasteiger partial charge >= 0.3 is 0 Å². The van der Waals surface area contributed by atoms with Crippen molar-refractivity contribution in [2.45, 2.75) is 22.3 Å². The summed E-state index contributed by atoms with van der Waals surface area (Å²) in [4.78, 5) is 4.27. The van der Waals surface area contributed by atoms with Crippen LogP contribution in [0, 0.1) is 17.0 Å². The molecule has 1 unspecified atom stereocenters. The van der Waals surface area contributed by atoms with E-state index in [1.807, 2.05) is 24.3 Å². The summed E-state index contributed by atoms with van der Waals surface area (Å²) in [6, 6.07) is 16.8. The molecule has 0 aromatic heterocycles. The normalized spacial score (nSPS) is 16.1. The fourth-order valence-corrected chi connectivity index (χ4v) is 5.14. The molecule has 2 aliphatic heterocycles. The zero-order valence-electron chi connectivity index (χ0n) is 20.0. The number of methoxy groups -OCH3 is 1. The minimum absolute atomic E-state index is 0.0929. The van der Waals surface area contributed by atoms with Gasteiger partial charge in [0, 0.05) is 27.6 Å². The molecule has 0 spiro atoms. The Labute approximate surface area is 214 Å². The standard InChI is InChI=1S/C27H26N3O5S/c1-29-15-13-18-16-24-26(35-17-34-24)27(33-2)25(18)23(29)4-3-14-28-19-5-9-21(10-6-19)36-22-11-7-20(8-12-22)30(31)32/h5-12,16,23,28,31H,13-15,17H2,1-2H3/q-1. The smallest absolute Gasteiger partial charge is 0.231 e. The summed E-state index contributed by atoms with van der Waals surface area (Å²) >= 11 is 1.57. The van der Waals surface area contributed by atoms with Gasteiger partial charge in [0.1, 0.15) is 6.04 Å². The third-order valence-corrected chi connectivity index (χ3v) is 7.18. The minimum Gasteiger partial charge on any atom is -0.733 e. The van der Waals surface area contributed by atoms with E-state index in [9.17, 15) is 5.21 Å². The molecule has 9 heteroatoms. The van der Waals surface area contributed by atoms with Gasteiger partial charge in [-0.3, -0.25) is 10.1 Å². The summed E-state index contributed by atoms with van der Waals surface area (Å²) < 4.78 is 17.0. The maximum Gasteiger partial charge on any atom is 0.231 e. The molecule has 0 bridgehead atoms. The largest absolute Gasteiger partial charge is 0.733 e. The predicted octanol–water partition coefficient (Wildman–Crippen LogP) is 4.91. The molecule has 1 atom stereocenters. The van der Waals surface area contributed by atoms with Crippen molar-refractivity contribution in [2.24, 2.45) is 0 Å². The molecule has 2 aliphatic rings. The van der Waals surface area contributed by atoms with Crippen molar-refractivity contribution >= 4 is 23.1 Å². The van der Waals surface area contributed by atoms with Gasteiger partial charge in [0.2, 0.25) is 12.5 Å². The highest BCUT2D eigenvalue weighted by Crippen LogP contribution is 2.49. The van der Waals surface area contributed by atoms with Crippen LogP contribution in [0.15, 0.2) is 64.4 Å². The Morgan fingerprint density at radius 1 is 1.17 bits per heavy atom. The van der Waals surface area contributed by atoms with Gasteiger partial charge in [0.15, 0.2) is 11.5 Å². The third kappa shape index (κ3) is 5.03. The molecule has 0 radical (unpaired) electrons. The quantitative estimate of drug-likeness (QED) is 0.359. The van der Waals surface area contributed by atoms with Crippen molar-refractivity contribution in [3.05, 3.63) is 70.9 Å². The Balaban J connectivity index is 1.23. The molecule has 0 saturated carbocycles. The predicted molar refractivity (Wildman–Crippen MR) is 139 cm³/mol. The molecule has 3 aromatic rings. The third-order valence-electron chi connectivity index (χ3n) is 6.16. The van der Waals surface area contributed by atoms with Crippen LogP contribution in [0.1, 0.15) is 17.2 Å². The van der Waals surface area contributed by atoms with Crippen LogP contribution in [0.4, 0.5) is 11.4 Å². The van der Waals surface area contributed by atoms with E-state index in [4.69, 9.17) is 19.4 Å². The number of nitrogens with one attached hydrogen (secondary N) is 1. The molecule has 2 heterocycles. The van der Waals surface area contributed by atoms with Gasteiger partial charge in [-0.05, 0) is 73.6 Å². The fraction of sp³-hybridized carbons (Fsp3) is 0.259. The summed E-state index contributed by atoms with van der Waals surface area (Å²) in [7, 11) is 3.73. The van der Waals surface area contributed by atoms with E-state index in [2.05, 4.69) is 35.2 Å². The summed E-state index contributed by atoms with van der Waals surface area (Å²) in [6.45, 7) is 1.62.